The lowest BCUT2D eigenvalue weighted by Crippen LogP contribution is -2.20. The van der Waals surface area contributed by atoms with Gasteiger partial charge in [0.05, 0.1) is 11.4 Å². The van der Waals surface area contributed by atoms with Crippen molar-refractivity contribution in [2.24, 2.45) is 0 Å². The van der Waals surface area contributed by atoms with Crippen LogP contribution in [0.2, 0.25) is 0 Å². The molecule has 5 nitrogen and oxygen atoms in total. The van der Waals surface area contributed by atoms with Gasteiger partial charge in [-0.1, -0.05) is 42.5 Å². The molecule has 3 N–H and O–H groups in total. The Bertz CT molecular complexity index is 1050. The monoisotopic (exact) mass is 369 g/mol. The third-order valence-electron chi connectivity index (χ3n) is 4.99. The minimum Gasteiger partial charge on any atom is -0.387 e. The first-order valence-corrected chi connectivity index (χ1v) is 9.41. The molecule has 5 heteroatoms. The van der Waals surface area contributed by atoms with Gasteiger partial charge in [-0.05, 0) is 43.0 Å². The molecule has 0 atom stereocenters. The Hall–Kier alpha value is -3.47. The fraction of sp³-hybridized carbons (Fsp3) is 0.174. The van der Waals surface area contributed by atoms with E-state index in [0.29, 0.717) is 18.1 Å². The second kappa shape index (κ2) is 7.64. The molecule has 2 aromatic carbocycles. The van der Waals surface area contributed by atoms with Crippen molar-refractivity contribution in [3.63, 3.8) is 0 Å². The first-order chi connectivity index (χ1) is 13.7. The van der Waals surface area contributed by atoms with Crippen molar-refractivity contribution in [2.75, 3.05) is 12.4 Å². The molecule has 0 unspecified atom stereocenters. The first kappa shape index (κ1) is 17.9. The largest absolute Gasteiger partial charge is 0.387 e. The Morgan fingerprint density at radius 2 is 1.75 bits per heavy atom. The maximum Gasteiger partial charge on any atom is 0.227 e. The topological polar surface area (TPSA) is 73.7 Å². The molecule has 0 fully saturated rings. The van der Waals surface area contributed by atoms with Gasteiger partial charge in [0.1, 0.15) is 0 Å². The van der Waals surface area contributed by atoms with Gasteiger partial charge in [-0.25, -0.2) is 9.97 Å². The zero-order chi connectivity index (χ0) is 19.5. The molecule has 3 aromatic rings. The molecule has 140 valence electrons. The minimum absolute atomic E-state index is 0.539. The summed E-state index contributed by atoms with van der Waals surface area (Å²) in [6, 6.07) is 18.1. The third-order valence-corrected chi connectivity index (χ3v) is 4.99. The zero-order valence-electron chi connectivity index (χ0n) is 16.1. The van der Waals surface area contributed by atoms with E-state index < -0.39 is 0 Å². The van der Waals surface area contributed by atoms with E-state index in [-0.39, 0.29) is 0 Å². The molecule has 1 heterocycles. The molecule has 0 spiro atoms. The lowest BCUT2D eigenvalue weighted by Gasteiger charge is -2.24. The highest BCUT2D eigenvalue weighted by Crippen LogP contribution is 2.33. The van der Waals surface area contributed by atoms with Gasteiger partial charge in [0.25, 0.3) is 0 Å². The number of aromatic nitrogens is 2. The molecule has 28 heavy (non-hydrogen) atoms. The summed E-state index contributed by atoms with van der Waals surface area (Å²) < 4.78 is 0. The maximum absolute atomic E-state index is 8.64. The van der Waals surface area contributed by atoms with Gasteiger partial charge in [0.15, 0.2) is 0 Å². The number of anilines is 2. The number of nitrogens with one attached hydrogen (secondary N) is 3. The predicted molar refractivity (Wildman–Crippen MR) is 115 cm³/mol. The molecule has 0 saturated heterocycles. The molecule has 0 bridgehead atoms. The highest BCUT2D eigenvalue weighted by atomic mass is 15.1. The summed E-state index contributed by atoms with van der Waals surface area (Å²) in [5.41, 5.74) is 7.49. The zero-order valence-corrected chi connectivity index (χ0v) is 16.1. The summed E-state index contributed by atoms with van der Waals surface area (Å²) in [7, 11) is 1.90. The van der Waals surface area contributed by atoms with Crippen molar-refractivity contribution < 1.29 is 0 Å². The number of fused-ring (bicyclic) bond motifs is 1. The van der Waals surface area contributed by atoms with Crippen LogP contribution in [0.4, 0.5) is 11.6 Å². The fourth-order valence-corrected chi connectivity index (χ4v) is 3.56. The van der Waals surface area contributed by atoms with E-state index in [1.807, 2.05) is 55.7 Å². The van der Waals surface area contributed by atoms with Gasteiger partial charge >= 0.3 is 0 Å². The molecule has 0 radical (unpaired) electrons. The molecule has 0 amide bonds. The van der Waals surface area contributed by atoms with Crippen molar-refractivity contribution in [1.82, 2.24) is 15.3 Å². The number of hydrogen-bond acceptors (Lipinski definition) is 5. The second-order valence-corrected chi connectivity index (χ2v) is 6.85. The summed E-state index contributed by atoms with van der Waals surface area (Å²) in [5.74, 6) is 0.539. The van der Waals surface area contributed by atoms with E-state index in [1.54, 1.807) is 0 Å². The second-order valence-electron chi connectivity index (χ2n) is 6.85. The average Bonchev–Trinajstić information content (AvgIpc) is 2.72. The van der Waals surface area contributed by atoms with Crippen LogP contribution in [-0.4, -0.2) is 22.7 Å². The number of rotatable bonds is 4. The van der Waals surface area contributed by atoms with Crippen LogP contribution in [0.1, 0.15) is 28.8 Å². The number of aryl methyl sites for hydroxylation is 2. The first-order valence-electron chi connectivity index (χ1n) is 9.41. The van der Waals surface area contributed by atoms with Crippen molar-refractivity contribution in [2.45, 2.75) is 19.8 Å². The van der Waals surface area contributed by atoms with Crippen LogP contribution in [0.3, 0.4) is 0 Å². The van der Waals surface area contributed by atoms with E-state index in [0.717, 1.165) is 45.8 Å². The van der Waals surface area contributed by atoms with Crippen LogP contribution in [-0.2, 0) is 6.42 Å². The van der Waals surface area contributed by atoms with Crippen LogP contribution in [0.25, 0.3) is 11.3 Å². The van der Waals surface area contributed by atoms with Gasteiger partial charge < -0.3 is 16.0 Å². The summed E-state index contributed by atoms with van der Waals surface area (Å²) in [6.45, 7) is 2.09. The molecule has 0 aliphatic heterocycles. The highest BCUT2D eigenvalue weighted by molar-refractivity contribution is 6.29. The molecule has 1 aliphatic carbocycles. The average molecular weight is 369 g/mol. The summed E-state index contributed by atoms with van der Waals surface area (Å²) >= 11 is 0. The molecular formula is C23H23N5. The Balaban J connectivity index is 1.85. The summed E-state index contributed by atoms with van der Waals surface area (Å²) in [5, 5.41) is 15.2. The lowest BCUT2D eigenvalue weighted by molar-refractivity contribution is 0.954. The molecule has 1 aromatic heterocycles. The van der Waals surface area contributed by atoms with Crippen molar-refractivity contribution in [3.8, 4) is 0 Å². The van der Waals surface area contributed by atoms with Crippen molar-refractivity contribution >= 4 is 28.6 Å². The molecule has 4 rings (SSSR count). The summed E-state index contributed by atoms with van der Waals surface area (Å²) in [4.78, 5) is 9.29. The summed E-state index contributed by atoms with van der Waals surface area (Å²) in [6.07, 6.45) is 3.35. The maximum atomic E-state index is 8.64. The number of hydrogen-bond donors (Lipinski definition) is 3. The van der Waals surface area contributed by atoms with Gasteiger partial charge in [0.2, 0.25) is 5.95 Å². The van der Waals surface area contributed by atoms with Crippen molar-refractivity contribution in [3.05, 3.63) is 83.2 Å². The van der Waals surface area contributed by atoms with E-state index >= 15 is 0 Å². The fourth-order valence-electron chi connectivity index (χ4n) is 3.56. The van der Waals surface area contributed by atoms with E-state index in [1.165, 1.54) is 0 Å². The minimum atomic E-state index is 0.539. The van der Waals surface area contributed by atoms with E-state index in [4.69, 9.17) is 10.4 Å². The number of benzene rings is 2. The Morgan fingerprint density at radius 1 is 1.00 bits per heavy atom. The van der Waals surface area contributed by atoms with Crippen LogP contribution < -0.4 is 10.6 Å². The van der Waals surface area contributed by atoms with Crippen LogP contribution in [0.15, 0.2) is 60.8 Å². The van der Waals surface area contributed by atoms with Crippen molar-refractivity contribution in [1.29, 1.82) is 5.41 Å². The molecule has 1 aliphatic rings. The van der Waals surface area contributed by atoms with Crippen LogP contribution >= 0.6 is 0 Å². The lowest BCUT2D eigenvalue weighted by atomic mass is 9.87. The smallest absolute Gasteiger partial charge is 0.227 e. The Morgan fingerprint density at radius 3 is 2.50 bits per heavy atom. The number of para-hydroxylation sites is 1. The van der Waals surface area contributed by atoms with Gasteiger partial charge in [-0.2, -0.15) is 0 Å². The normalized spacial score (nSPS) is 15.0. The number of nitrogens with zero attached hydrogens (tertiary/aromatic N) is 2. The number of allylic oxidation sites excluding steroid dienone is 1. The third kappa shape index (κ3) is 3.39. The Labute approximate surface area is 165 Å². The predicted octanol–water partition coefficient (Wildman–Crippen LogP) is 4.58. The van der Waals surface area contributed by atoms with Gasteiger partial charge in [-0.3, -0.25) is 0 Å². The van der Waals surface area contributed by atoms with Gasteiger partial charge in [0, 0.05) is 35.8 Å². The molecule has 0 saturated carbocycles. The highest BCUT2D eigenvalue weighted by Gasteiger charge is 2.25. The van der Waals surface area contributed by atoms with E-state index in [9.17, 15) is 0 Å². The van der Waals surface area contributed by atoms with Crippen LogP contribution in [0, 0.1) is 12.3 Å². The van der Waals surface area contributed by atoms with Crippen LogP contribution in [0.5, 0.6) is 0 Å². The Kier molecular flexibility index (Phi) is 4.89. The van der Waals surface area contributed by atoms with E-state index in [2.05, 4.69) is 34.7 Å². The standard InChI is InChI=1S/C23H23N5/c1-15-8-6-7-11-18(15)22(25-2)20-19(24)13-12-16-14-26-23(28-21(16)20)27-17-9-4-3-5-10-17/h3-11,14,24-25H,12-13H2,1-2H3,(H,26,27,28)/b22-20+,24-19?. The SMILES string of the molecule is CN/C(=C1\C(=N)CCc2cnc(Nc3ccccc3)nc21)c1ccccc1C. The van der Waals surface area contributed by atoms with Gasteiger partial charge in [-0.15, -0.1) is 0 Å². The quantitative estimate of drug-likeness (QED) is 0.629. The molecular weight excluding hydrogens is 346 g/mol.